The molecule has 0 amide bonds. The summed E-state index contributed by atoms with van der Waals surface area (Å²) in [6, 6.07) is 14.8. The second-order valence-corrected chi connectivity index (χ2v) is 8.68. The van der Waals surface area contributed by atoms with Crippen LogP contribution in [-0.4, -0.2) is 19.9 Å². The summed E-state index contributed by atoms with van der Waals surface area (Å²) in [7, 11) is 0. The smallest absolute Gasteiger partial charge is 0.0690 e. The minimum atomic E-state index is 0.936. The highest BCUT2D eigenvalue weighted by Crippen LogP contribution is 2.23. The maximum atomic E-state index is 4.95. The average molecular weight is 423 g/mol. The maximum Gasteiger partial charge on any atom is 0.0690 e. The number of rotatable bonds is 7. The molecule has 4 heteroatoms. The van der Waals surface area contributed by atoms with E-state index in [2.05, 4.69) is 71.5 Å². The largest absolute Gasteiger partial charge is 0.355 e. The van der Waals surface area contributed by atoms with Crippen LogP contribution in [0.25, 0.3) is 46.4 Å². The topological polar surface area (TPSA) is 57.4 Å². The average Bonchev–Trinajstić information content (AvgIpc) is 3.58. The molecule has 0 radical (unpaired) electrons. The van der Waals surface area contributed by atoms with E-state index in [-0.39, 0.29) is 0 Å². The van der Waals surface area contributed by atoms with E-state index in [1.807, 2.05) is 12.2 Å². The van der Waals surface area contributed by atoms with Gasteiger partial charge in [-0.05, 0) is 79.6 Å². The molecule has 0 aromatic carbocycles. The Labute approximate surface area is 189 Å². The molecule has 2 aliphatic heterocycles. The lowest BCUT2D eigenvalue weighted by Crippen LogP contribution is -1.92. The third-order valence-corrected chi connectivity index (χ3v) is 6.11. The van der Waals surface area contributed by atoms with E-state index in [0.717, 1.165) is 51.3 Å². The van der Waals surface area contributed by atoms with Gasteiger partial charge in [-0.15, -0.1) is 0 Å². The van der Waals surface area contributed by atoms with E-state index < -0.39 is 0 Å². The minimum Gasteiger partial charge on any atom is -0.355 e. The molecule has 0 fully saturated rings. The quantitative estimate of drug-likeness (QED) is 0.266. The van der Waals surface area contributed by atoms with Crippen molar-refractivity contribution >= 4 is 46.4 Å². The number of unbranched alkanes of at least 4 members (excludes halogenated alkanes) is 5. The lowest BCUT2D eigenvalue weighted by atomic mass is 10.0. The Morgan fingerprint density at radius 2 is 1.28 bits per heavy atom. The van der Waals surface area contributed by atoms with E-state index in [1.165, 1.54) is 44.1 Å². The van der Waals surface area contributed by atoms with Gasteiger partial charge in [0.25, 0.3) is 0 Å². The summed E-state index contributed by atoms with van der Waals surface area (Å²) in [6.45, 7) is 2.27. The van der Waals surface area contributed by atoms with Gasteiger partial charge in [0.15, 0.2) is 0 Å². The Morgan fingerprint density at radius 3 is 2.16 bits per heavy atom. The molecule has 0 unspecified atom stereocenters. The van der Waals surface area contributed by atoms with Crippen molar-refractivity contribution < 1.29 is 0 Å². The van der Waals surface area contributed by atoms with Crippen LogP contribution in [-0.2, 0) is 6.42 Å². The molecule has 0 saturated heterocycles. The van der Waals surface area contributed by atoms with Crippen LogP contribution in [0.4, 0.5) is 0 Å². The fraction of sp³-hybridized carbons (Fsp3) is 0.286. The van der Waals surface area contributed by atoms with Crippen LogP contribution in [0.15, 0.2) is 42.5 Å². The highest BCUT2D eigenvalue weighted by atomic mass is 14.8. The number of aromatic nitrogens is 4. The minimum absolute atomic E-state index is 0.936. The van der Waals surface area contributed by atoms with Crippen LogP contribution in [0.3, 0.4) is 0 Å². The van der Waals surface area contributed by atoms with Gasteiger partial charge in [0.1, 0.15) is 0 Å². The monoisotopic (exact) mass is 422 g/mol. The van der Waals surface area contributed by atoms with Crippen molar-refractivity contribution in [2.45, 2.75) is 51.9 Å². The van der Waals surface area contributed by atoms with E-state index in [4.69, 9.17) is 9.97 Å². The fourth-order valence-corrected chi connectivity index (χ4v) is 4.41. The lowest BCUT2D eigenvalue weighted by molar-refractivity contribution is 0.607. The van der Waals surface area contributed by atoms with Crippen LogP contribution in [0.1, 0.15) is 73.8 Å². The summed E-state index contributed by atoms with van der Waals surface area (Å²) in [5.74, 6) is 0. The molecule has 8 bridgehead atoms. The first kappa shape index (κ1) is 20.5. The number of aryl methyl sites for hydroxylation is 1. The van der Waals surface area contributed by atoms with Gasteiger partial charge >= 0.3 is 0 Å². The van der Waals surface area contributed by atoms with Gasteiger partial charge in [-0.3, -0.25) is 0 Å². The SMILES string of the molecule is CCCCCCCCc1c2nc(cc3nc(cc4ccc(cc5ccc1[nH]5)[nH]4)C=C3)C=C2. The first-order valence-electron chi connectivity index (χ1n) is 11.8. The zero-order valence-electron chi connectivity index (χ0n) is 18.7. The summed E-state index contributed by atoms with van der Waals surface area (Å²) >= 11 is 0. The molecule has 3 aromatic heterocycles. The van der Waals surface area contributed by atoms with E-state index in [9.17, 15) is 0 Å². The van der Waals surface area contributed by atoms with Crippen LogP contribution < -0.4 is 0 Å². The first-order chi connectivity index (χ1) is 15.8. The molecular formula is C28H30N4. The number of fused-ring (bicyclic) bond motifs is 8. The number of hydrogen-bond donors (Lipinski definition) is 2. The van der Waals surface area contributed by atoms with Crippen molar-refractivity contribution in [2.75, 3.05) is 0 Å². The van der Waals surface area contributed by atoms with Crippen molar-refractivity contribution in [3.05, 3.63) is 70.8 Å². The Morgan fingerprint density at radius 1 is 0.625 bits per heavy atom. The van der Waals surface area contributed by atoms with Gasteiger partial charge in [-0.2, -0.15) is 0 Å². The second kappa shape index (κ2) is 9.39. The van der Waals surface area contributed by atoms with Gasteiger partial charge < -0.3 is 9.97 Å². The summed E-state index contributed by atoms with van der Waals surface area (Å²) in [5, 5.41) is 0. The Kier molecular flexibility index (Phi) is 6.02. The Balaban J connectivity index is 1.60. The third-order valence-electron chi connectivity index (χ3n) is 6.11. The first-order valence-corrected chi connectivity index (χ1v) is 11.8. The zero-order chi connectivity index (χ0) is 21.8. The molecule has 162 valence electrons. The molecule has 5 heterocycles. The second-order valence-electron chi connectivity index (χ2n) is 8.68. The van der Waals surface area contributed by atoms with Crippen LogP contribution >= 0.6 is 0 Å². The van der Waals surface area contributed by atoms with E-state index >= 15 is 0 Å². The summed E-state index contributed by atoms with van der Waals surface area (Å²) in [4.78, 5) is 16.8. The van der Waals surface area contributed by atoms with Crippen LogP contribution in [0.5, 0.6) is 0 Å². The molecule has 0 aliphatic carbocycles. The van der Waals surface area contributed by atoms with Crippen molar-refractivity contribution in [1.29, 1.82) is 0 Å². The van der Waals surface area contributed by atoms with E-state index in [1.54, 1.807) is 0 Å². The molecule has 0 saturated carbocycles. The Hall–Kier alpha value is -3.40. The third kappa shape index (κ3) is 4.75. The summed E-state index contributed by atoms with van der Waals surface area (Å²) in [6.07, 6.45) is 17.1. The predicted molar refractivity (Wildman–Crippen MR) is 136 cm³/mol. The van der Waals surface area contributed by atoms with Crippen LogP contribution in [0.2, 0.25) is 0 Å². The molecule has 5 rings (SSSR count). The normalized spacial score (nSPS) is 12.5. The lowest BCUT2D eigenvalue weighted by Gasteiger charge is -2.04. The standard InChI is InChI=1S/C28H30N4/c1-2-3-4-5-6-7-8-26-27-15-13-24(31-27)18-22-11-9-20(29-22)17-21-10-12-23(30-21)19-25-14-16-28(26)32-25/h9-19,29,31H,2-8H2,1H3. The fourth-order valence-electron chi connectivity index (χ4n) is 4.41. The van der Waals surface area contributed by atoms with E-state index in [0.29, 0.717) is 0 Å². The molecule has 4 nitrogen and oxygen atoms in total. The molecule has 3 aromatic rings. The summed E-state index contributed by atoms with van der Waals surface area (Å²) in [5.41, 5.74) is 9.56. The van der Waals surface area contributed by atoms with Crippen molar-refractivity contribution in [2.24, 2.45) is 0 Å². The number of nitrogens with one attached hydrogen (secondary N) is 2. The molecule has 0 spiro atoms. The van der Waals surface area contributed by atoms with Gasteiger partial charge in [-0.1, -0.05) is 39.0 Å². The van der Waals surface area contributed by atoms with Gasteiger partial charge in [-0.25, -0.2) is 9.97 Å². The summed E-state index contributed by atoms with van der Waals surface area (Å²) < 4.78 is 0. The zero-order valence-corrected chi connectivity index (χ0v) is 18.7. The predicted octanol–water partition coefficient (Wildman–Crippen LogP) is 7.56. The Bertz CT molecular complexity index is 1320. The van der Waals surface area contributed by atoms with Crippen LogP contribution in [0, 0.1) is 0 Å². The van der Waals surface area contributed by atoms with Crippen molar-refractivity contribution in [1.82, 2.24) is 19.9 Å². The molecule has 2 aliphatic rings. The highest BCUT2D eigenvalue weighted by Gasteiger charge is 2.09. The molecular weight excluding hydrogens is 392 g/mol. The maximum absolute atomic E-state index is 4.95. The van der Waals surface area contributed by atoms with Crippen molar-refractivity contribution in [3.63, 3.8) is 0 Å². The van der Waals surface area contributed by atoms with Gasteiger partial charge in [0.2, 0.25) is 0 Å². The number of nitrogens with zero attached hydrogens (tertiary/aromatic N) is 2. The number of aromatic amines is 2. The number of H-pyrrole nitrogens is 2. The molecule has 0 atom stereocenters. The van der Waals surface area contributed by atoms with Gasteiger partial charge in [0, 0.05) is 27.6 Å². The van der Waals surface area contributed by atoms with Gasteiger partial charge in [0.05, 0.1) is 22.8 Å². The highest BCUT2D eigenvalue weighted by molar-refractivity contribution is 5.79. The number of hydrogen-bond acceptors (Lipinski definition) is 2. The molecule has 2 N–H and O–H groups in total. The van der Waals surface area contributed by atoms with Crippen molar-refractivity contribution in [3.8, 4) is 0 Å². The molecule has 32 heavy (non-hydrogen) atoms.